The van der Waals surface area contributed by atoms with Crippen molar-refractivity contribution < 1.29 is 4.79 Å². The lowest BCUT2D eigenvalue weighted by atomic mass is 10.3. The second-order valence-corrected chi connectivity index (χ2v) is 6.68. The van der Waals surface area contributed by atoms with Crippen LogP contribution in [0.3, 0.4) is 0 Å². The number of nitrogens with one attached hydrogen (secondary N) is 3. The van der Waals surface area contributed by atoms with E-state index in [0.29, 0.717) is 16.5 Å². The van der Waals surface area contributed by atoms with Gasteiger partial charge in [0.15, 0.2) is 5.11 Å². The van der Waals surface area contributed by atoms with Gasteiger partial charge in [-0.2, -0.15) is 0 Å². The fourth-order valence-corrected chi connectivity index (χ4v) is 3.05. The zero-order chi connectivity index (χ0) is 20.3. The molecule has 3 rings (SSSR count). The quantitative estimate of drug-likeness (QED) is 0.591. The molecule has 3 aromatic rings. The van der Waals surface area contributed by atoms with Crippen molar-refractivity contribution in [1.29, 1.82) is 0 Å². The molecule has 0 aliphatic carbocycles. The van der Waals surface area contributed by atoms with E-state index in [1.54, 1.807) is 33.6 Å². The van der Waals surface area contributed by atoms with E-state index in [2.05, 4.69) is 16.0 Å². The average molecular weight is 395 g/mol. The molecule has 0 aliphatic heterocycles. The van der Waals surface area contributed by atoms with Crippen LogP contribution in [0.15, 0.2) is 59.4 Å². The summed E-state index contributed by atoms with van der Waals surface area (Å²) in [7, 11) is 1.83. The van der Waals surface area contributed by atoms with Gasteiger partial charge in [0.05, 0.1) is 11.4 Å². The molecular formula is C20H21N5O2S. The molecule has 144 valence electrons. The smallest absolute Gasteiger partial charge is 0.295 e. The summed E-state index contributed by atoms with van der Waals surface area (Å²) in [6, 6.07) is 16.5. The monoisotopic (exact) mass is 395 g/mol. The Morgan fingerprint density at radius 1 is 0.929 bits per heavy atom. The van der Waals surface area contributed by atoms with Gasteiger partial charge < -0.3 is 16.0 Å². The highest BCUT2D eigenvalue weighted by molar-refractivity contribution is 7.80. The first-order chi connectivity index (χ1) is 13.4. The highest BCUT2D eigenvalue weighted by Crippen LogP contribution is 2.16. The van der Waals surface area contributed by atoms with E-state index in [4.69, 9.17) is 12.2 Å². The highest BCUT2D eigenvalue weighted by Gasteiger charge is 2.16. The number of hydrogen-bond donors (Lipinski definition) is 3. The molecule has 0 saturated heterocycles. The van der Waals surface area contributed by atoms with E-state index in [9.17, 15) is 9.59 Å². The van der Waals surface area contributed by atoms with E-state index >= 15 is 0 Å². The molecule has 3 N–H and O–H groups in total. The predicted octanol–water partition coefficient (Wildman–Crippen LogP) is 3.25. The van der Waals surface area contributed by atoms with Crippen LogP contribution in [-0.4, -0.2) is 20.4 Å². The minimum atomic E-state index is -0.184. The first kappa shape index (κ1) is 19.4. The van der Waals surface area contributed by atoms with Crippen LogP contribution in [0.25, 0.3) is 5.69 Å². The van der Waals surface area contributed by atoms with Crippen molar-refractivity contribution in [2.75, 3.05) is 16.0 Å². The first-order valence-corrected chi connectivity index (χ1v) is 9.07. The van der Waals surface area contributed by atoms with Crippen LogP contribution < -0.4 is 21.5 Å². The van der Waals surface area contributed by atoms with E-state index in [1.165, 1.54) is 6.92 Å². The summed E-state index contributed by atoms with van der Waals surface area (Å²) in [5.74, 6) is -0.132. The van der Waals surface area contributed by atoms with Crippen molar-refractivity contribution in [3.63, 3.8) is 0 Å². The number of thiocarbonyl (C=S) groups is 1. The third-order valence-electron chi connectivity index (χ3n) is 4.26. The molecule has 0 aliphatic rings. The summed E-state index contributed by atoms with van der Waals surface area (Å²) < 4.78 is 3.37. The number of benzene rings is 2. The Kier molecular flexibility index (Phi) is 5.60. The zero-order valence-electron chi connectivity index (χ0n) is 15.8. The van der Waals surface area contributed by atoms with Crippen LogP contribution in [0.5, 0.6) is 0 Å². The Hall–Kier alpha value is -3.39. The Labute approximate surface area is 168 Å². The van der Waals surface area contributed by atoms with E-state index in [1.807, 2.05) is 44.3 Å². The molecule has 0 fully saturated rings. The van der Waals surface area contributed by atoms with Crippen molar-refractivity contribution in [3.8, 4) is 5.69 Å². The summed E-state index contributed by atoms with van der Waals surface area (Å²) >= 11 is 5.36. The molecule has 1 amide bonds. The molecule has 8 heteroatoms. The number of carbonyl (C=O) groups excluding carboxylic acids is 1. The SMILES string of the molecule is CC(=O)Nc1ccc(NC(=S)Nc2c(C)n(C)n(-c3ccccc3)c2=O)cc1. The molecular weight excluding hydrogens is 374 g/mol. The maximum absolute atomic E-state index is 12.9. The van der Waals surface area contributed by atoms with Gasteiger partial charge >= 0.3 is 0 Å². The molecule has 1 heterocycles. The molecule has 0 atom stereocenters. The van der Waals surface area contributed by atoms with Crippen LogP contribution in [0, 0.1) is 6.92 Å². The van der Waals surface area contributed by atoms with Crippen LogP contribution in [0.2, 0.25) is 0 Å². The largest absolute Gasteiger partial charge is 0.332 e. The maximum atomic E-state index is 12.9. The average Bonchev–Trinajstić information content (AvgIpc) is 2.87. The van der Waals surface area contributed by atoms with Gasteiger partial charge in [-0.15, -0.1) is 0 Å². The highest BCUT2D eigenvalue weighted by atomic mass is 32.1. The van der Waals surface area contributed by atoms with Crippen molar-refractivity contribution in [2.45, 2.75) is 13.8 Å². The molecule has 0 saturated carbocycles. The number of aromatic nitrogens is 2. The Morgan fingerprint density at radius 2 is 1.50 bits per heavy atom. The van der Waals surface area contributed by atoms with Crippen molar-refractivity contribution >= 4 is 40.3 Å². The normalized spacial score (nSPS) is 10.4. The van der Waals surface area contributed by atoms with Gasteiger partial charge in [0.2, 0.25) is 5.91 Å². The number of rotatable bonds is 4. The van der Waals surface area contributed by atoms with Gasteiger partial charge in [-0.25, -0.2) is 4.68 Å². The van der Waals surface area contributed by atoms with Crippen LogP contribution >= 0.6 is 12.2 Å². The van der Waals surface area contributed by atoms with E-state index in [-0.39, 0.29) is 11.5 Å². The molecule has 28 heavy (non-hydrogen) atoms. The van der Waals surface area contributed by atoms with Crippen molar-refractivity contribution in [1.82, 2.24) is 9.36 Å². The fraction of sp³-hybridized carbons (Fsp3) is 0.150. The van der Waals surface area contributed by atoms with E-state index in [0.717, 1.165) is 17.1 Å². The van der Waals surface area contributed by atoms with Gasteiger partial charge in [0.1, 0.15) is 5.69 Å². The number of amides is 1. The first-order valence-electron chi connectivity index (χ1n) is 8.66. The zero-order valence-corrected chi connectivity index (χ0v) is 16.6. The van der Waals surface area contributed by atoms with Gasteiger partial charge in [-0.3, -0.25) is 14.3 Å². The Balaban J connectivity index is 1.78. The molecule has 7 nitrogen and oxygen atoms in total. The summed E-state index contributed by atoms with van der Waals surface area (Å²) in [5.41, 5.74) is 3.21. The van der Waals surface area contributed by atoms with Crippen LogP contribution in [-0.2, 0) is 11.8 Å². The van der Waals surface area contributed by atoms with E-state index < -0.39 is 0 Å². The van der Waals surface area contributed by atoms with Gasteiger partial charge in [-0.05, 0) is 55.5 Å². The van der Waals surface area contributed by atoms with Gasteiger partial charge in [0, 0.05) is 25.3 Å². The lowest BCUT2D eigenvalue weighted by molar-refractivity contribution is -0.114. The number of nitrogens with zero attached hydrogens (tertiary/aromatic N) is 2. The van der Waals surface area contributed by atoms with Gasteiger partial charge in [0.25, 0.3) is 5.56 Å². The molecule has 0 spiro atoms. The summed E-state index contributed by atoms with van der Waals surface area (Å²) in [4.78, 5) is 24.0. The summed E-state index contributed by atoms with van der Waals surface area (Å²) in [6.45, 7) is 3.31. The molecule has 2 aromatic carbocycles. The number of hydrogen-bond acceptors (Lipinski definition) is 3. The predicted molar refractivity (Wildman–Crippen MR) is 116 cm³/mol. The lowest BCUT2D eigenvalue weighted by Gasteiger charge is -2.10. The topological polar surface area (TPSA) is 80.1 Å². The number of carbonyl (C=O) groups is 1. The number of anilines is 3. The molecule has 0 unspecified atom stereocenters. The molecule has 1 aromatic heterocycles. The minimum Gasteiger partial charge on any atom is -0.332 e. The third kappa shape index (κ3) is 4.12. The molecule has 0 bridgehead atoms. The van der Waals surface area contributed by atoms with Crippen molar-refractivity contribution in [3.05, 3.63) is 70.6 Å². The van der Waals surface area contributed by atoms with Crippen LogP contribution in [0.4, 0.5) is 17.1 Å². The summed E-state index contributed by atoms with van der Waals surface area (Å²) in [5, 5.41) is 9.05. The second kappa shape index (κ2) is 8.10. The molecule has 0 radical (unpaired) electrons. The second-order valence-electron chi connectivity index (χ2n) is 6.27. The van der Waals surface area contributed by atoms with Crippen LogP contribution in [0.1, 0.15) is 12.6 Å². The maximum Gasteiger partial charge on any atom is 0.295 e. The summed E-state index contributed by atoms with van der Waals surface area (Å²) in [6.07, 6.45) is 0. The standard InChI is InChI=1S/C20H21N5O2S/c1-13-18(19(27)25(24(13)3)17-7-5-4-6-8-17)23-20(28)22-16-11-9-15(10-12-16)21-14(2)26/h4-12H,1-3H3,(H,21,26)(H2,22,23,28). The Morgan fingerprint density at radius 3 is 2.07 bits per heavy atom. The minimum absolute atomic E-state index is 0.132. The Bertz CT molecular complexity index is 1070. The fourth-order valence-electron chi connectivity index (χ4n) is 2.83. The number of para-hydroxylation sites is 1. The lowest BCUT2D eigenvalue weighted by Crippen LogP contribution is -2.25. The van der Waals surface area contributed by atoms with Gasteiger partial charge in [-0.1, -0.05) is 18.2 Å². The third-order valence-corrected chi connectivity index (χ3v) is 4.46. The van der Waals surface area contributed by atoms with Crippen molar-refractivity contribution in [2.24, 2.45) is 7.05 Å².